The number of carbonyl (C=O) groups is 7. The standard InChI is InChI=1S/C21H21FOS.C21H22OS.C19H21NOS.C19H20O2S.C18H19NO2S.C16H17NOS/c1-14(23)21(11-2-12-21)24-20-10-9-18(22)13-19(20)17-7-5-16(6-8-17)15-3-4-15;1-15(22)21(13-4-14-21)23-20-6-3-2-5-19(20)18-11-9-17(10-12-18)16-7-8-16;1-13(21)19(2,3)22-18-7-5-4-6-16(18)15-10-11-17(20-12-15)14-8-9-14;1-19(2,18(20)21)22-17-6-4-3-5-16(17)15-11-9-14(10-12-15)13-7-8-13;1-12(20)18(2,3)22-16-7-5-4-6-15(16)13-8-10-14(11-9-13)17(19)21;1-12(18)16(2,3)19-15-7-5-4-6-14(15)13-8-10-17-11-9-13/h5-10,13,15H,2-4,11-12H2,1H3;2-3,5-6,9-12,16H,4,7-8,13-14H2,1H3;4-7,10-12,14H,8-9H2,1-3H3;3-6,9-13H,7-8H2,1-2H3,(H,20,21);4-11H,1-3H3,(H2,19,21);4-11H,1-3H3. The average molecular weight is 1870 g/mol. The molecular weight excluding hydrogens is 1750 g/mol. The molecule has 1 amide bonds. The summed E-state index contributed by atoms with van der Waals surface area (Å²) in [7, 11) is 0. The second-order valence-corrected chi connectivity index (χ2v) is 46.7. The Labute approximate surface area is 805 Å². The number of Topliss-reactive ketones (excluding diaryl/α,β-unsaturated/α-hetero) is 5. The highest BCUT2D eigenvalue weighted by molar-refractivity contribution is 8.03. The predicted octanol–water partition coefficient (Wildman–Crippen LogP) is 30.2. The summed E-state index contributed by atoms with van der Waals surface area (Å²) in [6.45, 7) is 23.5. The molecule has 0 spiro atoms. The van der Waals surface area contributed by atoms with Gasteiger partial charge in [0.25, 0.3) is 0 Å². The fourth-order valence-corrected chi connectivity index (χ4v) is 22.7. The number of benzene rings is 10. The van der Waals surface area contributed by atoms with Gasteiger partial charge in [-0.3, -0.25) is 43.5 Å². The first kappa shape index (κ1) is 99.3. The largest absolute Gasteiger partial charge is 0.480 e. The van der Waals surface area contributed by atoms with Gasteiger partial charge in [0.1, 0.15) is 39.5 Å². The number of hydrogen-bond acceptors (Lipinski definition) is 15. The summed E-state index contributed by atoms with van der Waals surface area (Å²) >= 11 is 9.57. The van der Waals surface area contributed by atoms with Crippen molar-refractivity contribution in [2.75, 3.05) is 0 Å². The van der Waals surface area contributed by atoms with Crippen LogP contribution in [-0.4, -0.2) is 84.3 Å². The molecule has 18 heteroatoms. The van der Waals surface area contributed by atoms with E-state index in [4.69, 9.17) is 5.73 Å². The molecule has 0 saturated heterocycles. The quantitative estimate of drug-likeness (QED) is 0.0420. The van der Waals surface area contributed by atoms with Crippen LogP contribution in [0, 0.1) is 5.82 Å². The number of nitrogens with zero attached hydrogens (tertiary/aromatic N) is 2. The Bertz CT molecular complexity index is 5950. The molecule has 2 aromatic heterocycles. The van der Waals surface area contributed by atoms with Crippen molar-refractivity contribution in [3.8, 4) is 66.8 Å². The number of amides is 1. The summed E-state index contributed by atoms with van der Waals surface area (Å²) in [5.41, 5.74) is 24.5. The van der Waals surface area contributed by atoms with Gasteiger partial charge < -0.3 is 10.8 Å². The molecule has 0 radical (unpaired) electrons. The summed E-state index contributed by atoms with van der Waals surface area (Å²) in [4.78, 5) is 97.2. The van der Waals surface area contributed by atoms with Gasteiger partial charge in [-0.25, -0.2) is 4.39 Å². The number of aliphatic carboxylic acids is 1. The first-order valence-corrected chi connectivity index (χ1v) is 50.7. The van der Waals surface area contributed by atoms with E-state index in [1.165, 1.54) is 114 Å². The van der Waals surface area contributed by atoms with Crippen molar-refractivity contribution in [1.82, 2.24) is 9.97 Å². The first-order chi connectivity index (χ1) is 63.0. The molecule has 6 aliphatic carbocycles. The predicted molar refractivity (Wildman–Crippen MR) is 549 cm³/mol. The average Bonchev–Trinajstić information content (AvgIpc) is 1.04. The van der Waals surface area contributed by atoms with E-state index >= 15 is 0 Å². The number of carboxylic acids is 1. The molecule has 682 valence electrons. The van der Waals surface area contributed by atoms with E-state index in [2.05, 4.69) is 149 Å². The molecule has 0 bridgehead atoms. The van der Waals surface area contributed by atoms with Crippen LogP contribution in [0.3, 0.4) is 0 Å². The van der Waals surface area contributed by atoms with Gasteiger partial charge in [-0.1, -0.05) is 182 Å². The summed E-state index contributed by atoms with van der Waals surface area (Å²) < 4.78 is 11.2. The van der Waals surface area contributed by atoms with Crippen LogP contribution < -0.4 is 5.73 Å². The third-order valence-electron chi connectivity index (χ3n) is 25.5. The van der Waals surface area contributed by atoms with Crippen LogP contribution in [0.25, 0.3) is 66.8 Å². The van der Waals surface area contributed by atoms with Crippen molar-refractivity contribution in [2.45, 2.75) is 261 Å². The van der Waals surface area contributed by atoms with Gasteiger partial charge in [-0.05, 0) is 354 Å². The van der Waals surface area contributed by atoms with Gasteiger partial charge in [0, 0.05) is 70.7 Å². The zero-order valence-corrected chi connectivity index (χ0v) is 82.8. The van der Waals surface area contributed by atoms with E-state index < -0.39 is 30.9 Å². The summed E-state index contributed by atoms with van der Waals surface area (Å²) in [5.74, 6) is 2.55. The fourth-order valence-electron chi connectivity index (χ4n) is 15.2. The summed E-state index contributed by atoms with van der Waals surface area (Å²) in [6, 6.07) is 87.5. The molecule has 132 heavy (non-hydrogen) atoms. The minimum Gasteiger partial charge on any atom is -0.480 e. The molecule has 2 heterocycles. The van der Waals surface area contributed by atoms with Crippen molar-refractivity contribution in [1.29, 1.82) is 0 Å². The number of hydrogen-bond donors (Lipinski definition) is 2. The normalized spacial score (nSPS) is 15.2. The molecular formula is C114H120FN3O8S6. The number of carboxylic acid groups (broad SMARTS) is 1. The van der Waals surface area contributed by atoms with Crippen LogP contribution in [0.1, 0.15) is 236 Å². The number of aromatic nitrogens is 2. The minimum atomic E-state index is -0.843. The Hall–Kier alpha value is -10.2. The Kier molecular flexibility index (Phi) is 33.0. The maximum atomic E-state index is 13.9. The molecule has 0 atom stereocenters. The van der Waals surface area contributed by atoms with E-state index in [0.717, 1.165) is 130 Å². The highest BCUT2D eigenvalue weighted by atomic mass is 32.2. The van der Waals surface area contributed by atoms with Gasteiger partial charge >= 0.3 is 5.97 Å². The minimum absolute atomic E-state index is 0.136. The van der Waals surface area contributed by atoms with Crippen molar-refractivity contribution in [2.24, 2.45) is 5.73 Å². The second-order valence-electron chi connectivity index (χ2n) is 37.2. The molecule has 0 unspecified atom stereocenters. The van der Waals surface area contributed by atoms with Crippen molar-refractivity contribution < 1.29 is 43.1 Å². The number of nitrogens with two attached hydrogens (primary N) is 1. The third kappa shape index (κ3) is 26.3. The Morgan fingerprint density at radius 1 is 0.348 bits per heavy atom. The van der Waals surface area contributed by atoms with E-state index in [1.807, 2.05) is 145 Å². The highest BCUT2D eigenvalue weighted by Crippen LogP contribution is 2.54. The number of carbonyl (C=O) groups excluding carboxylic acids is 6. The third-order valence-corrected chi connectivity index (χ3v) is 34.2. The number of rotatable bonds is 29. The Morgan fingerprint density at radius 3 is 0.947 bits per heavy atom. The lowest BCUT2D eigenvalue weighted by molar-refractivity contribution is -0.139. The van der Waals surface area contributed by atoms with E-state index in [9.17, 15) is 43.1 Å². The zero-order valence-electron chi connectivity index (χ0n) is 77.9. The maximum Gasteiger partial charge on any atom is 0.319 e. The zero-order chi connectivity index (χ0) is 94.3. The molecule has 6 saturated carbocycles. The monoisotopic (exact) mass is 1870 g/mol. The second kappa shape index (κ2) is 43.9. The van der Waals surface area contributed by atoms with Gasteiger partial charge in [0.2, 0.25) is 5.91 Å². The van der Waals surface area contributed by atoms with E-state index in [-0.39, 0.29) is 38.4 Å². The van der Waals surface area contributed by atoms with Crippen molar-refractivity contribution in [3.05, 3.63) is 313 Å². The van der Waals surface area contributed by atoms with Crippen LogP contribution in [-0.2, 0) is 28.8 Å². The highest BCUT2D eigenvalue weighted by Gasteiger charge is 2.45. The van der Waals surface area contributed by atoms with Crippen molar-refractivity contribution >= 4 is 111 Å². The number of ketones is 5. The first-order valence-electron chi connectivity index (χ1n) is 45.8. The summed E-state index contributed by atoms with van der Waals surface area (Å²) in [5, 5.41) is 9.35. The molecule has 11 nitrogen and oxygen atoms in total. The van der Waals surface area contributed by atoms with Crippen LogP contribution in [0.4, 0.5) is 4.39 Å². The number of thioether (sulfide) groups is 6. The number of primary amides is 1. The molecule has 12 aromatic rings. The molecule has 6 aliphatic rings. The molecule has 3 N–H and O–H groups in total. The SMILES string of the molecule is CC(=O)C(C)(C)Sc1ccccc1-c1ccc(C(N)=O)cc1.CC(=O)C(C)(C)Sc1ccccc1-c1ccc(C2CC2)nc1.CC(=O)C(C)(C)Sc1ccccc1-c1ccncc1.CC(=O)C1(Sc2ccc(F)cc2-c2ccc(C3CC3)cc2)CCC1.CC(=O)C1(Sc2ccccc2-c2ccc(C3CC3)cc2)CCC1.CC(C)(Sc1ccccc1-c1ccc(C2CC2)cc1)C(=O)O. The topological polar surface area (TPSA) is 192 Å². The van der Waals surface area contributed by atoms with E-state index in [0.29, 0.717) is 17.3 Å². The summed E-state index contributed by atoms with van der Waals surface area (Å²) in [6.07, 6.45) is 22.1. The Morgan fingerprint density at radius 2 is 0.644 bits per heavy atom. The number of halogens is 1. The number of pyridine rings is 2. The lowest BCUT2D eigenvalue weighted by Crippen LogP contribution is -2.40. The Balaban J connectivity index is 0.000000135. The van der Waals surface area contributed by atoms with E-state index in [1.54, 1.807) is 138 Å². The smallest absolute Gasteiger partial charge is 0.319 e. The molecule has 0 aliphatic heterocycles. The van der Waals surface area contributed by atoms with Gasteiger partial charge in [-0.2, -0.15) is 0 Å². The van der Waals surface area contributed by atoms with Crippen LogP contribution in [0.5, 0.6) is 0 Å². The van der Waals surface area contributed by atoms with Gasteiger partial charge in [-0.15, -0.1) is 70.6 Å². The molecule has 18 rings (SSSR count). The maximum absolute atomic E-state index is 13.9. The van der Waals surface area contributed by atoms with Gasteiger partial charge in [0.05, 0.1) is 23.7 Å². The van der Waals surface area contributed by atoms with Crippen LogP contribution >= 0.6 is 70.6 Å². The van der Waals surface area contributed by atoms with Crippen LogP contribution in [0.15, 0.2) is 309 Å². The molecule has 10 aromatic carbocycles. The van der Waals surface area contributed by atoms with Crippen LogP contribution in [0.2, 0.25) is 0 Å². The van der Waals surface area contributed by atoms with Gasteiger partial charge in [0.15, 0.2) is 0 Å². The lowest BCUT2D eigenvalue weighted by atomic mass is 9.81. The lowest BCUT2D eigenvalue weighted by Gasteiger charge is -2.39. The van der Waals surface area contributed by atoms with Crippen molar-refractivity contribution in [3.63, 3.8) is 0 Å². The molecule has 6 fully saturated rings. The fraction of sp³-hybridized carbons (Fsp3) is 0.325.